The average molecular weight is 479 g/mol. The Morgan fingerprint density at radius 3 is 2.45 bits per heavy atom. The van der Waals surface area contributed by atoms with Gasteiger partial charge < -0.3 is 10.1 Å². The van der Waals surface area contributed by atoms with Crippen LogP contribution in [0.4, 0.5) is 4.79 Å². The fourth-order valence-electron chi connectivity index (χ4n) is 4.07. The van der Waals surface area contributed by atoms with Gasteiger partial charge in [-0.3, -0.25) is 9.69 Å². The van der Waals surface area contributed by atoms with Crippen molar-refractivity contribution in [3.05, 3.63) is 77.9 Å². The van der Waals surface area contributed by atoms with Gasteiger partial charge in [0.1, 0.15) is 17.8 Å². The molecule has 8 heteroatoms. The number of rotatable bonds is 5. The van der Waals surface area contributed by atoms with Crippen molar-refractivity contribution in [2.75, 3.05) is 18.1 Å². The number of carbonyl (C=O) groups excluding carboxylic acids is 3. The summed E-state index contributed by atoms with van der Waals surface area (Å²) in [5.74, 6) is 1.51. The number of hydrogen-bond donors (Lipinski definition) is 1. The summed E-state index contributed by atoms with van der Waals surface area (Å²) in [5, 5.41) is 4.75. The highest BCUT2D eigenvalue weighted by Crippen LogP contribution is 2.45. The highest BCUT2D eigenvalue weighted by atomic mass is 32.2. The van der Waals surface area contributed by atoms with Crippen LogP contribution in [0.25, 0.3) is 10.8 Å². The Hall–Kier alpha value is -2.97. The molecule has 0 saturated carbocycles. The zero-order valence-electron chi connectivity index (χ0n) is 17.9. The van der Waals surface area contributed by atoms with Crippen LogP contribution in [0.3, 0.4) is 0 Å². The molecule has 0 spiro atoms. The summed E-state index contributed by atoms with van der Waals surface area (Å²) < 4.78 is 5.81. The van der Waals surface area contributed by atoms with Crippen LogP contribution in [0.1, 0.15) is 22.6 Å². The van der Waals surface area contributed by atoms with Crippen LogP contribution in [0.15, 0.2) is 66.7 Å². The SMILES string of the molecule is CC1(c2ccc3ccccc3c2)NC(=O)N(CC(=O)Oc2ccc(C3SCCS3)cc2)C1=O. The third-order valence-electron chi connectivity index (χ3n) is 5.89. The van der Waals surface area contributed by atoms with E-state index in [1.807, 2.05) is 78.1 Å². The van der Waals surface area contributed by atoms with Crippen molar-refractivity contribution in [2.24, 2.45) is 0 Å². The second kappa shape index (κ2) is 8.76. The van der Waals surface area contributed by atoms with E-state index in [1.165, 1.54) is 5.56 Å². The molecule has 1 unspecified atom stereocenters. The molecule has 2 heterocycles. The minimum absolute atomic E-state index is 0.390. The van der Waals surface area contributed by atoms with Gasteiger partial charge >= 0.3 is 12.0 Å². The minimum Gasteiger partial charge on any atom is -0.425 e. The number of imide groups is 1. The summed E-state index contributed by atoms with van der Waals surface area (Å²) in [6.45, 7) is 1.20. The maximum Gasteiger partial charge on any atom is 0.331 e. The quantitative estimate of drug-likeness (QED) is 0.326. The molecule has 168 valence electrons. The maximum atomic E-state index is 13.2. The van der Waals surface area contributed by atoms with Crippen molar-refractivity contribution in [1.82, 2.24) is 10.2 Å². The number of urea groups is 1. The lowest BCUT2D eigenvalue weighted by Gasteiger charge is -2.22. The molecule has 2 aliphatic heterocycles. The molecule has 6 nitrogen and oxygen atoms in total. The molecule has 2 aliphatic rings. The minimum atomic E-state index is -1.25. The zero-order chi connectivity index (χ0) is 23.0. The first-order chi connectivity index (χ1) is 15.9. The van der Waals surface area contributed by atoms with E-state index >= 15 is 0 Å². The Morgan fingerprint density at radius 1 is 1.03 bits per heavy atom. The number of benzene rings is 3. The van der Waals surface area contributed by atoms with Crippen LogP contribution in [-0.4, -0.2) is 40.9 Å². The number of fused-ring (bicyclic) bond motifs is 1. The lowest BCUT2D eigenvalue weighted by atomic mass is 9.90. The van der Waals surface area contributed by atoms with Gasteiger partial charge in [-0.25, -0.2) is 9.59 Å². The van der Waals surface area contributed by atoms with E-state index in [0.29, 0.717) is 15.9 Å². The smallest absolute Gasteiger partial charge is 0.331 e. The summed E-state index contributed by atoms with van der Waals surface area (Å²) in [7, 11) is 0. The van der Waals surface area contributed by atoms with Gasteiger partial charge in [0.2, 0.25) is 0 Å². The van der Waals surface area contributed by atoms with Gasteiger partial charge in [-0.05, 0) is 47.0 Å². The van der Waals surface area contributed by atoms with Crippen LogP contribution in [-0.2, 0) is 15.1 Å². The van der Waals surface area contributed by atoms with Crippen LogP contribution >= 0.6 is 23.5 Å². The molecule has 3 aromatic carbocycles. The number of nitrogens with zero attached hydrogens (tertiary/aromatic N) is 1. The van der Waals surface area contributed by atoms with Gasteiger partial charge in [-0.1, -0.05) is 48.5 Å². The van der Waals surface area contributed by atoms with Crippen LogP contribution < -0.4 is 10.1 Å². The van der Waals surface area contributed by atoms with E-state index in [4.69, 9.17) is 4.74 Å². The van der Waals surface area contributed by atoms with E-state index in [-0.39, 0.29) is 0 Å². The van der Waals surface area contributed by atoms with Crippen molar-refractivity contribution < 1.29 is 19.1 Å². The van der Waals surface area contributed by atoms with Crippen molar-refractivity contribution >= 4 is 52.2 Å². The van der Waals surface area contributed by atoms with E-state index in [9.17, 15) is 14.4 Å². The summed E-state index contributed by atoms with van der Waals surface area (Å²) in [5.41, 5.74) is 0.593. The fourth-order valence-corrected chi connectivity index (χ4v) is 6.93. The first-order valence-corrected chi connectivity index (χ1v) is 12.7. The first kappa shape index (κ1) is 21.9. The Bertz CT molecular complexity index is 1240. The van der Waals surface area contributed by atoms with Crippen molar-refractivity contribution in [3.8, 4) is 5.75 Å². The molecule has 2 saturated heterocycles. The average Bonchev–Trinajstić information content (AvgIpc) is 3.43. The predicted octanol–water partition coefficient (Wildman–Crippen LogP) is 4.69. The number of thioether (sulfide) groups is 2. The Kier molecular flexibility index (Phi) is 5.80. The highest BCUT2D eigenvalue weighted by Gasteiger charge is 2.49. The molecule has 0 bridgehead atoms. The number of ether oxygens (including phenoxy) is 1. The molecule has 3 aromatic rings. The molecule has 33 heavy (non-hydrogen) atoms. The number of amides is 3. The highest BCUT2D eigenvalue weighted by molar-refractivity contribution is 8.19. The Labute approximate surface area is 200 Å². The van der Waals surface area contributed by atoms with Crippen molar-refractivity contribution in [3.63, 3.8) is 0 Å². The van der Waals surface area contributed by atoms with Gasteiger partial charge in [0.25, 0.3) is 5.91 Å². The lowest BCUT2D eigenvalue weighted by molar-refractivity contribution is -0.140. The predicted molar refractivity (Wildman–Crippen MR) is 131 cm³/mol. The third kappa shape index (κ3) is 4.20. The standard InChI is InChI=1S/C25H22N2O4S2/c1-25(19-9-6-16-4-2-3-5-18(16)14-19)23(29)27(24(30)26-25)15-21(28)31-20-10-7-17(8-11-20)22-32-12-13-33-22/h2-11,14,22H,12-13,15H2,1H3,(H,26,30). The van der Waals surface area contributed by atoms with Gasteiger partial charge in [-0.2, -0.15) is 0 Å². The van der Waals surface area contributed by atoms with E-state index in [1.54, 1.807) is 19.1 Å². The van der Waals surface area contributed by atoms with Crippen LogP contribution in [0, 0.1) is 0 Å². The molecular formula is C25H22N2O4S2. The van der Waals surface area contributed by atoms with Gasteiger partial charge in [0, 0.05) is 11.5 Å². The molecular weight excluding hydrogens is 456 g/mol. The largest absolute Gasteiger partial charge is 0.425 e. The molecule has 0 aliphatic carbocycles. The topological polar surface area (TPSA) is 75.7 Å². The van der Waals surface area contributed by atoms with Crippen molar-refractivity contribution in [2.45, 2.75) is 17.0 Å². The normalized spacial score (nSPS) is 20.9. The summed E-state index contributed by atoms with van der Waals surface area (Å²) >= 11 is 3.80. The molecule has 0 radical (unpaired) electrons. The van der Waals surface area contributed by atoms with Gasteiger partial charge in [0.05, 0.1) is 4.58 Å². The third-order valence-corrected chi connectivity index (χ3v) is 9.00. The van der Waals surface area contributed by atoms with E-state index < -0.39 is 30.0 Å². The second-order valence-corrected chi connectivity index (χ2v) is 10.8. The van der Waals surface area contributed by atoms with Crippen LogP contribution in [0.5, 0.6) is 5.75 Å². The summed E-state index contributed by atoms with van der Waals surface area (Å²) in [4.78, 5) is 39.2. The number of hydrogen-bond acceptors (Lipinski definition) is 6. The summed E-state index contributed by atoms with van der Waals surface area (Å²) in [6, 6.07) is 20.2. The molecule has 0 aromatic heterocycles. The monoisotopic (exact) mass is 478 g/mol. The second-order valence-electron chi connectivity index (χ2n) is 8.12. The van der Waals surface area contributed by atoms with Gasteiger partial charge in [-0.15, -0.1) is 23.5 Å². The zero-order valence-corrected chi connectivity index (χ0v) is 19.6. The maximum absolute atomic E-state index is 13.2. The number of esters is 1. The first-order valence-electron chi connectivity index (χ1n) is 10.6. The van der Waals surface area contributed by atoms with Crippen LogP contribution in [0.2, 0.25) is 0 Å². The molecule has 1 N–H and O–H groups in total. The molecule has 1 atom stereocenters. The number of nitrogens with one attached hydrogen (secondary N) is 1. The Morgan fingerprint density at radius 2 is 1.73 bits per heavy atom. The van der Waals surface area contributed by atoms with Gasteiger partial charge in [0.15, 0.2) is 0 Å². The Balaban J connectivity index is 1.28. The number of carbonyl (C=O) groups is 3. The van der Waals surface area contributed by atoms with E-state index in [0.717, 1.165) is 27.2 Å². The summed E-state index contributed by atoms with van der Waals surface area (Å²) in [6.07, 6.45) is 0. The molecule has 3 amide bonds. The van der Waals surface area contributed by atoms with E-state index in [2.05, 4.69) is 5.32 Å². The fraction of sp³-hybridized carbons (Fsp3) is 0.240. The molecule has 2 fully saturated rings. The molecule has 5 rings (SSSR count). The lowest BCUT2D eigenvalue weighted by Crippen LogP contribution is -2.42. The van der Waals surface area contributed by atoms with Crippen molar-refractivity contribution in [1.29, 1.82) is 0 Å².